The van der Waals surface area contributed by atoms with Crippen LogP contribution >= 0.6 is 0 Å². The lowest BCUT2D eigenvalue weighted by atomic mass is 10.1. The minimum Gasteiger partial charge on any atom is -0.466 e. The Bertz CT molecular complexity index is 806. The van der Waals surface area contributed by atoms with E-state index in [2.05, 4.69) is 21.7 Å². The standard InChI is InChI=1S/C19H26N4O3/c1-12-8-17-20-21-18(11-25-10-15-4-5-15)23(17)7-6-22(12)19(24)16-9-13(2)26-14(16)3/h9,12,15H,4-8,10-11H2,1-3H3/t12-/m1/s1. The summed E-state index contributed by atoms with van der Waals surface area (Å²) in [4.78, 5) is 14.9. The molecule has 2 aromatic heterocycles. The third-order valence-electron chi connectivity index (χ3n) is 5.29. The van der Waals surface area contributed by atoms with Gasteiger partial charge in [0.05, 0.1) is 5.56 Å². The maximum Gasteiger partial charge on any atom is 0.257 e. The molecule has 7 heteroatoms. The van der Waals surface area contributed by atoms with Gasteiger partial charge in [-0.2, -0.15) is 0 Å². The fourth-order valence-electron chi connectivity index (χ4n) is 3.59. The first kappa shape index (κ1) is 17.3. The normalized spacial score (nSPS) is 20.1. The van der Waals surface area contributed by atoms with Gasteiger partial charge in [-0.05, 0) is 45.6 Å². The molecule has 7 nitrogen and oxygen atoms in total. The van der Waals surface area contributed by atoms with E-state index in [1.54, 1.807) is 0 Å². The zero-order valence-electron chi connectivity index (χ0n) is 15.7. The summed E-state index contributed by atoms with van der Waals surface area (Å²) in [6.45, 7) is 8.39. The molecule has 1 atom stereocenters. The van der Waals surface area contributed by atoms with Crippen molar-refractivity contribution < 1.29 is 13.9 Å². The zero-order chi connectivity index (χ0) is 18.3. The molecule has 0 spiro atoms. The molecule has 2 aliphatic rings. The highest BCUT2D eigenvalue weighted by Gasteiger charge is 2.29. The van der Waals surface area contributed by atoms with E-state index in [4.69, 9.17) is 9.15 Å². The second kappa shape index (κ2) is 6.87. The van der Waals surface area contributed by atoms with E-state index >= 15 is 0 Å². The van der Waals surface area contributed by atoms with Crippen LogP contribution in [0.25, 0.3) is 0 Å². The van der Waals surface area contributed by atoms with E-state index in [-0.39, 0.29) is 11.9 Å². The van der Waals surface area contributed by atoms with Crippen LogP contribution in [0.5, 0.6) is 0 Å². The summed E-state index contributed by atoms with van der Waals surface area (Å²) in [5.41, 5.74) is 0.653. The van der Waals surface area contributed by atoms with Gasteiger partial charge in [0.15, 0.2) is 5.82 Å². The van der Waals surface area contributed by atoms with Gasteiger partial charge in [-0.1, -0.05) is 0 Å². The third-order valence-corrected chi connectivity index (χ3v) is 5.29. The van der Waals surface area contributed by atoms with Crippen molar-refractivity contribution in [3.63, 3.8) is 0 Å². The van der Waals surface area contributed by atoms with Gasteiger partial charge in [0.25, 0.3) is 5.91 Å². The number of hydrogen-bond donors (Lipinski definition) is 0. The van der Waals surface area contributed by atoms with E-state index in [0.717, 1.165) is 29.9 Å². The zero-order valence-corrected chi connectivity index (χ0v) is 15.7. The van der Waals surface area contributed by atoms with E-state index in [0.29, 0.717) is 37.4 Å². The number of fused-ring (bicyclic) bond motifs is 1. The summed E-state index contributed by atoms with van der Waals surface area (Å²) in [6, 6.07) is 1.88. The minimum atomic E-state index is 0.0251. The number of aryl methyl sites for hydroxylation is 2. The van der Waals surface area contributed by atoms with Gasteiger partial charge in [-0.3, -0.25) is 4.79 Å². The second-order valence-electron chi connectivity index (χ2n) is 7.52. The van der Waals surface area contributed by atoms with Gasteiger partial charge in [0, 0.05) is 32.2 Å². The van der Waals surface area contributed by atoms with Crippen LogP contribution in [-0.4, -0.2) is 44.8 Å². The van der Waals surface area contributed by atoms with Gasteiger partial charge >= 0.3 is 0 Å². The number of ether oxygens (including phenoxy) is 1. The van der Waals surface area contributed by atoms with Crippen molar-refractivity contribution >= 4 is 5.91 Å². The van der Waals surface area contributed by atoms with Gasteiger partial charge in [-0.15, -0.1) is 10.2 Å². The smallest absolute Gasteiger partial charge is 0.257 e. The predicted octanol–water partition coefficient (Wildman–Crippen LogP) is 2.50. The van der Waals surface area contributed by atoms with Crippen LogP contribution in [-0.2, 0) is 24.3 Å². The van der Waals surface area contributed by atoms with Crippen molar-refractivity contribution in [1.29, 1.82) is 0 Å². The first-order chi connectivity index (χ1) is 12.5. The van der Waals surface area contributed by atoms with Crippen LogP contribution in [0, 0.1) is 19.8 Å². The highest BCUT2D eigenvalue weighted by atomic mass is 16.5. The molecule has 140 valence electrons. The number of hydrogen-bond acceptors (Lipinski definition) is 5. The van der Waals surface area contributed by atoms with E-state index in [9.17, 15) is 4.79 Å². The second-order valence-corrected chi connectivity index (χ2v) is 7.52. The molecule has 4 rings (SSSR count). The SMILES string of the molecule is Cc1cc(C(=O)N2CCn3c(COCC4CC4)nnc3C[C@H]2C)c(C)o1. The van der Waals surface area contributed by atoms with Crippen LogP contribution < -0.4 is 0 Å². The number of carbonyl (C=O) groups excluding carboxylic acids is 1. The fraction of sp³-hybridized carbons (Fsp3) is 0.632. The summed E-state index contributed by atoms with van der Waals surface area (Å²) in [7, 11) is 0. The Labute approximate surface area is 153 Å². The molecule has 0 saturated heterocycles. The van der Waals surface area contributed by atoms with Crippen molar-refractivity contribution in [3.05, 3.63) is 34.8 Å². The van der Waals surface area contributed by atoms with Crippen molar-refractivity contribution in [2.45, 2.75) is 59.2 Å². The first-order valence-electron chi connectivity index (χ1n) is 9.39. The molecule has 3 heterocycles. The number of amides is 1. The Morgan fingerprint density at radius 2 is 2.12 bits per heavy atom. The number of furan rings is 1. The van der Waals surface area contributed by atoms with Crippen molar-refractivity contribution in [1.82, 2.24) is 19.7 Å². The van der Waals surface area contributed by atoms with Crippen molar-refractivity contribution in [3.8, 4) is 0 Å². The Hall–Kier alpha value is -2.15. The molecule has 1 amide bonds. The summed E-state index contributed by atoms with van der Waals surface area (Å²) < 4.78 is 13.4. The van der Waals surface area contributed by atoms with E-state index in [1.807, 2.05) is 24.8 Å². The van der Waals surface area contributed by atoms with Crippen LogP contribution in [0.15, 0.2) is 10.5 Å². The quantitative estimate of drug-likeness (QED) is 0.821. The molecule has 0 aromatic carbocycles. The molecule has 1 saturated carbocycles. The summed E-state index contributed by atoms with van der Waals surface area (Å²) in [5.74, 6) is 3.99. The fourth-order valence-corrected chi connectivity index (χ4v) is 3.59. The Morgan fingerprint density at radius 1 is 1.31 bits per heavy atom. The van der Waals surface area contributed by atoms with Crippen LogP contribution in [0.2, 0.25) is 0 Å². The lowest BCUT2D eigenvalue weighted by molar-refractivity contribution is 0.0692. The highest BCUT2D eigenvalue weighted by Crippen LogP contribution is 2.29. The molecule has 1 aliphatic carbocycles. The molecule has 0 N–H and O–H groups in total. The summed E-state index contributed by atoms with van der Waals surface area (Å²) in [6.07, 6.45) is 3.25. The molecular formula is C19H26N4O3. The van der Waals surface area contributed by atoms with E-state index in [1.165, 1.54) is 12.8 Å². The largest absolute Gasteiger partial charge is 0.466 e. The minimum absolute atomic E-state index is 0.0251. The topological polar surface area (TPSA) is 73.4 Å². The Kier molecular flexibility index (Phi) is 4.56. The lowest BCUT2D eigenvalue weighted by Crippen LogP contribution is -2.40. The first-order valence-corrected chi connectivity index (χ1v) is 9.39. The van der Waals surface area contributed by atoms with E-state index < -0.39 is 0 Å². The number of nitrogens with zero attached hydrogens (tertiary/aromatic N) is 4. The molecular weight excluding hydrogens is 332 g/mol. The lowest BCUT2D eigenvalue weighted by Gasteiger charge is -2.26. The molecule has 2 aromatic rings. The molecule has 0 radical (unpaired) electrons. The summed E-state index contributed by atoms with van der Waals surface area (Å²) in [5, 5.41) is 8.65. The highest BCUT2D eigenvalue weighted by molar-refractivity contribution is 5.95. The van der Waals surface area contributed by atoms with Crippen LogP contribution in [0.1, 0.15) is 53.3 Å². The van der Waals surface area contributed by atoms with Crippen molar-refractivity contribution in [2.75, 3.05) is 13.2 Å². The van der Waals surface area contributed by atoms with Gasteiger partial charge < -0.3 is 18.6 Å². The maximum absolute atomic E-state index is 13.0. The number of carbonyl (C=O) groups is 1. The van der Waals surface area contributed by atoms with Crippen LogP contribution in [0.4, 0.5) is 0 Å². The molecule has 0 unspecified atom stereocenters. The molecule has 1 fully saturated rings. The number of rotatable bonds is 5. The van der Waals surface area contributed by atoms with Gasteiger partial charge in [0.1, 0.15) is 24.0 Å². The van der Waals surface area contributed by atoms with Gasteiger partial charge in [0.2, 0.25) is 0 Å². The average molecular weight is 358 g/mol. The predicted molar refractivity (Wildman–Crippen MR) is 94.8 cm³/mol. The maximum atomic E-state index is 13.0. The average Bonchev–Trinajstić information content (AvgIpc) is 3.29. The van der Waals surface area contributed by atoms with Crippen LogP contribution in [0.3, 0.4) is 0 Å². The Balaban J connectivity index is 1.47. The molecule has 1 aliphatic heterocycles. The molecule has 0 bridgehead atoms. The third kappa shape index (κ3) is 3.40. The monoisotopic (exact) mass is 358 g/mol. The molecule has 26 heavy (non-hydrogen) atoms. The summed E-state index contributed by atoms with van der Waals surface area (Å²) >= 11 is 0. The number of aromatic nitrogens is 3. The Morgan fingerprint density at radius 3 is 2.81 bits per heavy atom. The van der Waals surface area contributed by atoms with Crippen molar-refractivity contribution in [2.24, 2.45) is 5.92 Å². The van der Waals surface area contributed by atoms with Gasteiger partial charge in [-0.25, -0.2) is 0 Å².